The van der Waals surface area contributed by atoms with Crippen LogP contribution in [0.15, 0.2) is 11.0 Å². The van der Waals surface area contributed by atoms with E-state index in [1.807, 2.05) is 13.8 Å². The van der Waals surface area contributed by atoms with E-state index in [1.165, 1.54) is 0 Å². The van der Waals surface area contributed by atoms with Crippen molar-refractivity contribution in [2.75, 3.05) is 6.54 Å². The number of nitrogens with zero attached hydrogens (tertiary/aromatic N) is 3. The number of aromatic amines is 2. The van der Waals surface area contributed by atoms with E-state index in [9.17, 15) is 4.79 Å². The maximum absolute atomic E-state index is 12.2. The summed E-state index contributed by atoms with van der Waals surface area (Å²) in [5.74, 6) is 0.994. The van der Waals surface area contributed by atoms with Gasteiger partial charge in [-0.25, -0.2) is 4.98 Å². The van der Waals surface area contributed by atoms with Gasteiger partial charge in [0.15, 0.2) is 0 Å². The molecular formula is C14H18ClN5O. The minimum atomic E-state index is -0.0240. The minimum absolute atomic E-state index is 0.0240. The monoisotopic (exact) mass is 307 g/mol. The highest BCUT2D eigenvalue weighted by atomic mass is 35.5. The number of halogens is 1. The number of rotatable bonds is 3. The van der Waals surface area contributed by atoms with Crippen LogP contribution in [0, 0.1) is 0 Å². The molecule has 0 saturated carbocycles. The van der Waals surface area contributed by atoms with Crippen LogP contribution < -0.4 is 5.56 Å². The number of fused-ring (bicyclic) bond motifs is 1. The molecule has 0 unspecified atom stereocenters. The lowest BCUT2D eigenvalue weighted by Crippen LogP contribution is -2.36. The lowest BCUT2D eigenvalue weighted by Gasteiger charge is -2.27. The Morgan fingerprint density at radius 1 is 1.48 bits per heavy atom. The lowest BCUT2D eigenvalue weighted by molar-refractivity contribution is 0.238. The van der Waals surface area contributed by atoms with Crippen LogP contribution in [0.25, 0.3) is 0 Å². The van der Waals surface area contributed by atoms with Crippen molar-refractivity contribution in [1.29, 1.82) is 0 Å². The molecule has 0 bridgehead atoms. The third kappa shape index (κ3) is 2.87. The molecule has 21 heavy (non-hydrogen) atoms. The number of aromatic nitrogens is 4. The van der Waals surface area contributed by atoms with Gasteiger partial charge in [-0.1, -0.05) is 25.4 Å². The molecule has 2 aromatic heterocycles. The van der Waals surface area contributed by atoms with Gasteiger partial charge in [-0.05, 0) is 0 Å². The number of nitrogens with one attached hydrogen (secondary N) is 2. The lowest BCUT2D eigenvalue weighted by atomic mass is 10.1. The first-order valence-electron chi connectivity index (χ1n) is 7.06. The molecule has 112 valence electrons. The summed E-state index contributed by atoms with van der Waals surface area (Å²) in [7, 11) is 0. The molecular weight excluding hydrogens is 290 g/mol. The Morgan fingerprint density at radius 2 is 2.29 bits per heavy atom. The molecule has 1 aliphatic rings. The van der Waals surface area contributed by atoms with E-state index in [0.29, 0.717) is 18.1 Å². The fourth-order valence-electron chi connectivity index (χ4n) is 2.54. The number of H-pyrrole nitrogens is 2. The first-order chi connectivity index (χ1) is 10.0. The van der Waals surface area contributed by atoms with E-state index in [1.54, 1.807) is 6.20 Å². The van der Waals surface area contributed by atoms with Gasteiger partial charge < -0.3 is 4.98 Å². The molecule has 0 aromatic carbocycles. The smallest absolute Gasteiger partial charge is 0.255 e. The molecule has 0 radical (unpaired) electrons. The molecule has 2 N–H and O–H groups in total. The molecule has 0 aliphatic carbocycles. The first kappa shape index (κ1) is 14.3. The van der Waals surface area contributed by atoms with Crippen molar-refractivity contribution in [3.05, 3.63) is 44.3 Å². The molecule has 0 saturated heterocycles. The van der Waals surface area contributed by atoms with E-state index < -0.39 is 0 Å². The summed E-state index contributed by atoms with van der Waals surface area (Å²) < 4.78 is 0. The van der Waals surface area contributed by atoms with E-state index >= 15 is 0 Å². The Bertz CT molecular complexity index is 706. The fraction of sp³-hybridized carbons (Fsp3) is 0.500. The highest BCUT2D eigenvalue weighted by molar-refractivity contribution is 6.31. The first-order valence-corrected chi connectivity index (χ1v) is 7.44. The fourth-order valence-corrected chi connectivity index (χ4v) is 2.69. The number of hydrogen-bond acceptors (Lipinski definition) is 4. The molecule has 0 fully saturated rings. The van der Waals surface area contributed by atoms with Gasteiger partial charge in [-0.15, -0.1) is 0 Å². The maximum Gasteiger partial charge on any atom is 0.255 e. The third-order valence-corrected chi connectivity index (χ3v) is 4.09. The van der Waals surface area contributed by atoms with Crippen molar-refractivity contribution in [1.82, 2.24) is 25.1 Å². The predicted molar refractivity (Wildman–Crippen MR) is 80.4 cm³/mol. The Balaban J connectivity index is 1.83. The van der Waals surface area contributed by atoms with Gasteiger partial charge in [0.05, 0.1) is 28.2 Å². The van der Waals surface area contributed by atoms with Crippen molar-refractivity contribution >= 4 is 11.6 Å². The Kier molecular flexibility index (Phi) is 3.82. The van der Waals surface area contributed by atoms with Crippen molar-refractivity contribution in [3.8, 4) is 0 Å². The van der Waals surface area contributed by atoms with Crippen LogP contribution in [-0.4, -0.2) is 31.6 Å². The van der Waals surface area contributed by atoms with Crippen LogP contribution in [0.3, 0.4) is 0 Å². The van der Waals surface area contributed by atoms with Gasteiger partial charge in [-0.3, -0.25) is 14.8 Å². The van der Waals surface area contributed by atoms with Crippen molar-refractivity contribution in [3.63, 3.8) is 0 Å². The largest absolute Gasteiger partial charge is 0.310 e. The Morgan fingerprint density at radius 3 is 2.95 bits per heavy atom. The van der Waals surface area contributed by atoms with E-state index in [-0.39, 0.29) is 11.5 Å². The summed E-state index contributed by atoms with van der Waals surface area (Å²) in [4.78, 5) is 21.9. The zero-order valence-electron chi connectivity index (χ0n) is 12.1. The molecule has 1 aliphatic heterocycles. The summed E-state index contributed by atoms with van der Waals surface area (Å²) in [6.07, 6.45) is 2.38. The minimum Gasteiger partial charge on any atom is -0.310 e. The second kappa shape index (κ2) is 5.61. The van der Waals surface area contributed by atoms with Crippen molar-refractivity contribution in [2.24, 2.45) is 0 Å². The normalized spacial score (nSPS) is 15.4. The summed E-state index contributed by atoms with van der Waals surface area (Å²) in [5.41, 5.74) is 2.54. The molecule has 0 atom stereocenters. The Hall–Kier alpha value is -1.66. The number of hydrogen-bond donors (Lipinski definition) is 2. The molecule has 2 aromatic rings. The summed E-state index contributed by atoms with van der Waals surface area (Å²) in [6.45, 7) is 6.16. The van der Waals surface area contributed by atoms with Gasteiger partial charge >= 0.3 is 0 Å². The standard InChI is InChI=1S/C14H18ClN5O/c1-8(2)13-17-11-3-4-20(6-9(11)14(21)18-13)7-12-10(15)5-16-19-12/h5,8H,3-4,6-7H2,1-2H3,(H,16,19)(H,17,18,21). The van der Waals surface area contributed by atoms with Crippen molar-refractivity contribution < 1.29 is 0 Å². The van der Waals surface area contributed by atoms with Crippen LogP contribution >= 0.6 is 11.6 Å². The van der Waals surface area contributed by atoms with Gasteiger partial charge in [0.1, 0.15) is 5.82 Å². The zero-order valence-corrected chi connectivity index (χ0v) is 12.9. The third-order valence-electron chi connectivity index (χ3n) is 3.76. The highest BCUT2D eigenvalue weighted by Gasteiger charge is 2.22. The van der Waals surface area contributed by atoms with Crippen LogP contribution in [-0.2, 0) is 19.5 Å². The molecule has 3 rings (SSSR count). The average Bonchev–Trinajstić information content (AvgIpc) is 2.84. The van der Waals surface area contributed by atoms with E-state index in [2.05, 4.69) is 25.1 Å². The van der Waals surface area contributed by atoms with Crippen LogP contribution in [0.5, 0.6) is 0 Å². The van der Waals surface area contributed by atoms with Gasteiger partial charge in [0.2, 0.25) is 0 Å². The second-order valence-electron chi connectivity index (χ2n) is 5.69. The van der Waals surface area contributed by atoms with Gasteiger partial charge in [0.25, 0.3) is 5.56 Å². The quantitative estimate of drug-likeness (QED) is 0.907. The van der Waals surface area contributed by atoms with Gasteiger partial charge in [-0.2, -0.15) is 5.10 Å². The van der Waals surface area contributed by atoms with Gasteiger partial charge in [0, 0.05) is 32.0 Å². The van der Waals surface area contributed by atoms with Crippen LogP contribution in [0.2, 0.25) is 5.02 Å². The van der Waals surface area contributed by atoms with Crippen molar-refractivity contribution in [2.45, 2.75) is 39.3 Å². The second-order valence-corrected chi connectivity index (χ2v) is 6.10. The van der Waals surface area contributed by atoms with E-state index in [0.717, 1.165) is 35.7 Å². The topological polar surface area (TPSA) is 77.7 Å². The van der Waals surface area contributed by atoms with E-state index in [4.69, 9.17) is 11.6 Å². The Labute approximate surface area is 127 Å². The summed E-state index contributed by atoms with van der Waals surface area (Å²) >= 11 is 6.05. The van der Waals surface area contributed by atoms with Crippen LogP contribution in [0.1, 0.15) is 42.5 Å². The molecule has 0 amide bonds. The summed E-state index contributed by atoms with van der Waals surface area (Å²) in [6, 6.07) is 0. The zero-order chi connectivity index (χ0) is 15.0. The maximum atomic E-state index is 12.2. The summed E-state index contributed by atoms with van der Waals surface area (Å²) in [5, 5.41) is 7.43. The highest BCUT2D eigenvalue weighted by Crippen LogP contribution is 2.20. The molecule has 6 nitrogen and oxygen atoms in total. The molecule has 3 heterocycles. The molecule has 7 heteroatoms. The van der Waals surface area contributed by atoms with Crippen LogP contribution in [0.4, 0.5) is 0 Å². The molecule has 0 spiro atoms. The predicted octanol–water partition coefficient (Wildman–Crippen LogP) is 1.83. The average molecular weight is 308 g/mol. The SMILES string of the molecule is CC(C)c1nc2c(c(=O)[nH]1)CN(Cc1[nH]ncc1Cl)CC2.